The van der Waals surface area contributed by atoms with E-state index in [2.05, 4.69) is 54.2 Å². The molecule has 0 radical (unpaired) electrons. The first-order chi connectivity index (χ1) is 18.3. The summed E-state index contributed by atoms with van der Waals surface area (Å²) in [6.07, 6.45) is 7.61. The molecule has 200 valence electrons. The van der Waals surface area contributed by atoms with E-state index >= 15 is 0 Å². The highest BCUT2D eigenvalue weighted by Gasteiger charge is 2.28. The second-order valence-corrected chi connectivity index (χ2v) is 12.4. The Morgan fingerprint density at radius 1 is 1.24 bits per heavy atom. The van der Waals surface area contributed by atoms with Crippen LogP contribution in [0.2, 0.25) is 5.02 Å². The number of nitrogens with two attached hydrogens (primary N) is 1. The first-order valence-electron chi connectivity index (χ1n) is 12.5. The molecule has 3 heterocycles. The number of hydrogen-bond acceptors (Lipinski definition) is 6. The average molecular weight is 682 g/mol. The van der Waals surface area contributed by atoms with Gasteiger partial charge in [-0.2, -0.15) is 0 Å². The largest absolute Gasteiger partial charge is 0.488 e. The zero-order valence-electron chi connectivity index (χ0n) is 20.8. The summed E-state index contributed by atoms with van der Waals surface area (Å²) < 4.78 is 14.5. The molecular formula is C28H28Br2ClN3O3S. The molecule has 0 unspecified atom stereocenters. The van der Waals surface area contributed by atoms with Gasteiger partial charge in [-0.1, -0.05) is 35.9 Å². The van der Waals surface area contributed by atoms with Gasteiger partial charge in [-0.05, 0) is 95.3 Å². The average Bonchev–Trinajstić information content (AvgIpc) is 3.20. The number of nitrogens with one attached hydrogen (secondary N) is 1. The standard InChI is InChI=1S/C28H28Br2ClN3O3S/c1-16(19-7-2-3-8-21(19)31)36-22-15-23(38-27(22)28(32)35)34-13-5-4-6-17-14-20(29)26(24(30)25(17)34)37-18-9-11-33-12-10-18/h2-3,5,7-8,13-16,18,33H,4,6,9-12H2,1H3,(H2,32,35)/t16-/m1/s1. The van der Waals surface area contributed by atoms with Crippen LogP contribution in [0.1, 0.15) is 53.1 Å². The van der Waals surface area contributed by atoms with Crippen LogP contribution in [0.15, 0.2) is 57.6 Å². The first kappa shape index (κ1) is 27.5. The van der Waals surface area contributed by atoms with Crippen molar-refractivity contribution in [3.8, 4) is 11.5 Å². The fraction of sp³-hybridized carbons (Fsp3) is 0.321. The summed E-state index contributed by atoms with van der Waals surface area (Å²) in [6, 6.07) is 11.5. The SMILES string of the molecule is C[C@@H](Oc1cc(N2C=CCCc3cc(Br)c(OC4CCNCC4)c(Br)c32)sc1C(N)=O)c1ccccc1Cl. The molecule has 2 aromatic carbocycles. The van der Waals surface area contributed by atoms with E-state index < -0.39 is 5.91 Å². The van der Waals surface area contributed by atoms with E-state index in [0.29, 0.717) is 15.6 Å². The second kappa shape index (κ2) is 12.0. The number of amides is 1. The Labute approximate surface area is 248 Å². The highest BCUT2D eigenvalue weighted by molar-refractivity contribution is 9.11. The van der Waals surface area contributed by atoms with E-state index in [-0.39, 0.29) is 12.2 Å². The Balaban J connectivity index is 1.53. The van der Waals surface area contributed by atoms with Crippen LogP contribution in [-0.4, -0.2) is 25.1 Å². The third-order valence-corrected chi connectivity index (χ3v) is 9.47. The van der Waals surface area contributed by atoms with E-state index in [1.165, 1.54) is 11.3 Å². The fourth-order valence-corrected chi connectivity index (χ4v) is 7.56. The maximum atomic E-state index is 12.5. The number of rotatable bonds is 7. The Morgan fingerprint density at radius 3 is 2.74 bits per heavy atom. The summed E-state index contributed by atoms with van der Waals surface area (Å²) in [5.74, 6) is 0.682. The van der Waals surface area contributed by atoms with E-state index in [4.69, 9.17) is 26.8 Å². The molecule has 1 atom stereocenters. The molecule has 0 aliphatic carbocycles. The third kappa shape index (κ3) is 5.77. The van der Waals surface area contributed by atoms with Gasteiger partial charge in [0.05, 0.1) is 14.6 Å². The number of nitrogens with zero attached hydrogens (tertiary/aromatic N) is 1. The number of carbonyl (C=O) groups excluding carboxylic acids is 1. The van der Waals surface area contributed by atoms with Crippen molar-refractivity contribution >= 4 is 71.4 Å². The molecule has 38 heavy (non-hydrogen) atoms. The Hall–Kier alpha value is -2.04. The summed E-state index contributed by atoms with van der Waals surface area (Å²) in [5, 5.41) is 4.81. The number of thiophene rings is 1. The van der Waals surface area contributed by atoms with Crippen molar-refractivity contribution in [2.24, 2.45) is 5.73 Å². The van der Waals surface area contributed by atoms with E-state index in [1.807, 2.05) is 43.5 Å². The Kier molecular flexibility index (Phi) is 8.69. The number of hydrogen-bond donors (Lipinski definition) is 2. The van der Waals surface area contributed by atoms with Crippen LogP contribution in [0.4, 0.5) is 10.7 Å². The summed E-state index contributed by atoms with van der Waals surface area (Å²) in [7, 11) is 0. The van der Waals surface area contributed by atoms with E-state index in [9.17, 15) is 4.79 Å². The van der Waals surface area contributed by atoms with Gasteiger partial charge in [0, 0.05) is 22.9 Å². The van der Waals surface area contributed by atoms with Crippen LogP contribution in [0.3, 0.4) is 0 Å². The lowest BCUT2D eigenvalue weighted by Gasteiger charge is -2.28. The van der Waals surface area contributed by atoms with E-state index in [0.717, 1.165) is 75.3 Å². The molecule has 6 nitrogen and oxygen atoms in total. The van der Waals surface area contributed by atoms with Gasteiger partial charge in [0.1, 0.15) is 33.6 Å². The Bertz CT molecular complexity index is 1370. The summed E-state index contributed by atoms with van der Waals surface area (Å²) in [4.78, 5) is 14.9. The molecule has 0 bridgehead atoms. The van der Waals surface area contributed by atoms with Crippen molar-refractivity contribution < 1.29 is 14.3 Å². The van der Waals surface area contributed by atoms with Crippen molar-refractivity contribution in [2.45, 2.75) is 44.8 Å². The zero-order chi connectivity index (χ0) is 26.8. The molecule has 3 N–H and O–H groups in total. The smallest absolute Gasteiger partial charge is 0.262 e. The fourth-order valence-electron chi connectivity index (χ4n) is 4.75. The van der Waals surface area contributed by atoms with Crippen LogP contribution < -0.4 is 25.4 Å². The van der Waals surface area contributed by atoms with Crippen LogP contribution in [-0.2, 0) is 6.42 Å². The number of halogens is 3. The molecule has 2 aliphatic rings. The van der Waals surface area contributed by atoms with Gasteiger partial charge in [-0.25, -0.2) is 0 Å². The Morgan fingerprint density at radius 2 is 2.00 bits per heavy atom. The third-order valence-electron chi connectivity index (χ3n) is 6.67. The number of anilines is 2. The lowest BCUT2D eigenvalue weighted by Crippen LogP contribution is -2.34. The number of allylic oxidation sites excluding steroid dienone is 1. The molecule has 1 aromatic heterocycles. The van der Waals surface area contributed by atoms with Gasteiger partial charge < -0.3 is 25.4 Å². The predicted octanol–water partition coefficient (Wildman–Crippen LogP) is 7.89. The van der Waals surface area contributed by atoms with Gasteiger partial charge in [-0.3, -0.25) is 4.79 Å². The minimum atomic E-state index is -0.536. The van der Waals surface area contributed by atoms with Gasteiger partial charge in [0.25, 0.3) is 5.91 Å². The topological polar surface area (TPSA) is 76.8 Å². The van der Waals surface area contributed by atoms with E-state index in [1.54, 1.807) is 0 Å². The lowest BCUT2D eigenvalue weighted by atomic mass is 10.1. The van der Waals surface area contributed by atoms with Gasteiger partial charge >= 0.3 is 0 Å². The van der Waals surface area contributed by atoms with Gasteiger partial charge in [-0.15, -0.1) is 11.3 Å². The molecular weight excluding hydrogens is 654 g/mol. The number of piperidine rings is 1. The molecule has 3 aromatic rings. The van der Waals surface area contributed by atoms with Crippen LogP contribution in [0.25, 0.3) is 0 Å². The molecule has 1 fully saturated rings. The number of primary amides is 1. The second-order valence-electron chi connectivity index (χ2n) is 9.29. The highest BCUT2D eigenvalue weighted by atomic mass is 79.9. The van der Waals surface area contributed by atoms with Crippen molar-refractivity contribution in [1.29, 1.82) is 0 Å². The normalized spacial score (nSPS) is 16.6. The summed E-state index contributed by atoms with van der Waals surface area (Å²) in [6.45, 7) is 3.79. The zero-order valence-corrected chi connectivity index (χ0v) is 25.6. The van der Waals surface area contributed by atoms with Crippen LogP contribution in [0, 0.1) is 0 Å². The predicted molar refractivity (Wildman–Crippen MR) is 161 cm³/mol. The molecule has 1 amide bonds. The van der Waals surface area contributed by atoms with Crippen LogP contribution >= 0.6 is 54.8 Å². The van der Waals surface area contributed by atoms with Crippen LogP contribution in [0.5, 0.6) is 11.5 Å². The maximum absolute atomic E-state index is 12.5. The molecule has 10 heteroatoms. The molecule has 2 aliphatic heterocycles. The minimum absolute atomic E-state index is 0.145. The molecule has 1 saturated heterocycles. The number of ether oxygens (including phenoxy) is 2. The molecule has 0 saturated carbocycles. The van der Waals surface area contributed by atoms with Crippen molar-refractivity contribution in [3.05, 3.63) is 78.6 Å². The summed E-state index contributed by atoms with van der Waals surface area (Å²) in [5.41, 5.74) is 8.77. The van der Waals surface area contributed by atoms with Gasteiger partial charge in [0.2, 0.25) is 0 Å². The minimum Gasteiger partial charge on any atom is -0.488 e. The maximum Gasteiger partial charge on any atom is 0.262 e. The number of aryl methyl sites for hydroxylation is 1. The first-order valence-corrected chi connectivity index (χ1v) is 15.3. The lowest BCUT2D eigenvalue weighted by molar-refractivity contribution is 0.0998. The van der Waals surface area contributed by atoms with Crippen molar-refractivity contribution in [1.82, 2.24) is 5.32 Å². The van der Waals surface area contributed by atoms with Crippen molar-refractivity contribution in [2.75, 3.05) is 18.0 Å². The highest BCUT2D eigenvalue weighted by Crippen LogP contribution is 2.50. The quantitative estimate of drug-likeness (QED) is 0.265. The van der Waals surface area contributed by atoms with Crippen molar-refractivity contribution in [3.63, 3.8) is 0 Å². The molecule has 5 rings (SSSR count). The van der Waals surface area contributed by atoms with Gasteiger partial charge in [0.15, 0.2) is 0 Å². The molecule has 0 spiro atoms. The number of benzene rings is 2. The number of carbonyl (C=O) groups is 1. The monoisotopic (exact) mass is 679 g/mol. The summed E-state index contributed by atoms with van der Waals surface area (Å²) >= 11 is 15.3. The number of fused-ring (bicyclic) bond motifs is 1.